The van der Waals surface area contributed by atoms with Gasteiger partial charge in [-0.3, -0.25) is 4.57 Å². The van der Waals surface area contributed by atoms with E-state index in [9.17, 15) is 4.57 Å². The van der Waals surface area contributed by atoms with Gasteiger partial charge in [-0.1, -0.05) is 13.8 Å². The Bertz CT molecular complexity index is 310. The molecule has 1 rings (SSSR count). The van der Waals surface area contributed by atoms with Crippen LogP contribution in [-0.4, -0.2) is 36.7 Å². The van der Waals surface area contributed by atoms with Gasteiger partial charge in [0.2, 0.25) is 0 Å². The van der Waals surface area contributed by atoms with Crippen molar-refractivity contribution < 1.29 is 13.6 Å². The Morgan fingerprint density at radius 2 is 1.55 bits per heavy atom. The molecule has 4 atom stereocenters. The Hall–Kier alpha value is 0.980. The molecule has 0 radical (unpaired) electrons. The van der Waals surface area contributed by atoms with Crippen molar-refractivity contribution in [3.8, 4) is 0 Å². The molecule has 1 saturated carbocycles. The number of alkyl halides is 2. The highest BCUT2D eigenvalue weighted by Crippen LogP contribution is 2.58. The molecule has 0 bridgehead atoms. The first-order valence-corrected chi connectivity index (χ1v) is 9.39. The van der Waals surface area contributed by atoms with E-state index in [4.69, 9.17) is 38.0 Å². The SMILES string of the molecule is CC1CC(N)C(P(=O)(OCCCl)OCCCl)CC1C.Cl. The van der Waals surface area contributed by atoms with Gasteiger partial charge in [-0.15, -0.1) is 35.6 Å². The minimum atomic E-state index is -3.24. The van der Waals surface area contributed by atoms with Crippen LogP contribution in [0.2, 0.25) is 0 Å². The van der Waals surface area contributed by atoms with Crippen LogP contribution in [0.5, 0.6) is 0 Å². The number of hydrogen-bond acceptors (Lipinski definition) is 4. The summed E-state index contributed by atoms with van der Waals surface area (Å²) in [6.45, 7) is 4.73. The van der Waals surface area contributed by atoms with Crippen LogP contribution in [0, 0.1) is 11.8 Å². The van der Waals surface area contributed by atoms with Crippen LogP contribution in [0.3, 0.4) is 0 Å². The molecule has 8 heteroatoms. The zero-order valence-electron chi connectivity index (χ0n) is 12.0. The predicted molar refractivity (Wildman–Crippen MR) is 87.5 cm³/mol. The minimum Gasteiger partial charge on any atom is -0.327 e. The van der Waals surface area contributed by atoms with Gasteiger partial charge in [0.15, 0.2) is 0 Å². The molecule has 0 aliphatic heterocycles. The van der Waals surface area contributed by atoms with E-state index >= 15 is 0 Å². The normalized spacial score (nSPS) is 30.9. The maximum atomic E-state index is 12.9. The maximum Gasteiger partial charge on any atom is 0.335 e. The Morgan fingerprint density at radius 3 is 2.00 bits per heavy atom. The molecule has 20 heavy (non-hydrogen) atoms. The second kappa shape index (κ2) is 9.89. The van der Waals surface area contributed by atoms with Crippen molar-refractivity contribution in [1.82, 2.24) is 0 Å². The van der Waals surface area contributed by atoms with Gasteiger partial charge in [-0.25, -0.2) is 0 Å². The summed E-state index contributed by atoms with van der Waals surface area (Å²) in [4.78, 5) is 0. The van der Waals surface area contributed by atoms with Crippen LogP contribution < -0.4 is 5.73 Å². The van der Waals surface area contributed by atoms with Crippen molar-refractivity contribution in [2.75, 3.05) is 25.0 Å². The lowest BCUT2D eigenvalue weighted by atomic mass is 9.79. The van der Waals surface area contributed by atoms with Crippen molar-refractivity contribution in [2.24, 2.45) is 17.6 Å². The highest BCUT2D eigenvalue weighted by molar-refractivity contribution is 7.54. The Labute approximate surface area is 138 Å². The smallest absolute Gasteiger partial charge is 0.327 e. The first kappa shape index (κ1) is 21.0. The van der Waals surface area contributed by atoms with Gasteiger partial charge < -0.3 is 14.8 Å². The van der Waals surface area contributed by atoms with Crippen LogP contribution in [0.4, 0.5) is 0 Å². The number of hydrogen-bond donors (Lipinski definition) is 1. The van der Waals surface area contributed by atoms with Crippen LogP contribution in [0.15, 0.2) is 0 Å². The second-order valence-electron chi connectivity index (χ2n) is 5.24. The molecular formula is C12H25Cl3NO3P. The summed E-state index contributed by atoms with van der Waals surface area (Å²) in [6, 6.07) is -0.164. The fourth-order valence-corrected chi connectivity index (χ4v) is 5.22. The maximum absolute atomic E-state index is 12.9. The summed E-state index contributed by atoms with van der Waals surface area (Å²) >= 11 is 11.2. The quantitative estimate of drug-likeness (QED) is 0.547. The van der Waals surface area contributed by atoms with Crippen molar-refractivity contribution in [3.05, 3.63) is 0 Å². The molecule has 0 aromatic carbocycles. The highest BCUT2D eigenvalue weighted by atomic mass is 35.5. The first-order valence-electron chi connectivity index (χ1n) is 6.71. The zero-order chi connectivity index (χ0) is 14.5. The van der Waals surface area contributed by atoms with E-state index in [-0.39, 0.29) is 49.1 Å². The van der Waals surface area contributed by atoms with Crippen LogP contribution in [0.1, 0.15) is 26.7 Å². The number of rotatable bonds is 7. The molecule has 1 aliphatic rings. The lowest BCUT2D eigenvalue weighted by molar-refractivity contribution is 0.180. The standard InChI is InChI=1S/C12H24Cl2NO3P.ClH/c1-9-7-11(15)12(8-10(9)2)19(16,17-5-3-13)18-6-4-14;/h9-12H,3-8,15H2,1-2H3;1H. The van der Waals surface area contributed by atoms with Gasteiger partial charge in [-0.05, 0) is 24.7 Å². The van der Waals surface area contributed by atoms with Crippen molar-refractivity contribution in [2.45, 2.75) is 38.4 Å². The van der Waals surface area contributed by atoms with Gasteiger partial charge >= 0.3 is 7.60 Å². The molecule has 4 nitrogen and oxygen atoms in total. The lowest BCUT2D eigenvalue weighted by Crippen LogP contribution is -2.43. The topological polar surface area (TPSA) is 61.6 Å². The van der Waals surface area contributed by atoms with E-state index in [2.05, 4.69) is 13.8 Å². The largest absolute Gasteiger partial charge is 0.335 e. The summed E-state index contributed by atoms with van der Waals surface area (Å²) in [7, 11) is -3.24. The summed E-state index contributed by atoms with van der Waals surface area (Å²) in [5.74, 6) is 1.54. The fraction of sp³-hybridized carbons (Fsp3) is 1.00. The van der Waals surface area contributed by atoms with E-state index in [0.717, 1.165) is 12.8 Å². The summed E-state index contributed by atoms with van der Waals surface area (Å²) in [6.07, 6.45) is 1.59. The molecule has 0 aromatic rings. The van der Waals surface area contributed by atoms with E-state index in [1.165, 1.54) is 0 Å². The van der Waals surface area contributed by atoms with Gasteiger partial charge in [0.1, 0.15) is 0 Å². The van der Waals surface area contributed by atoms with Gasteiger partial charge in [-0.2, -0.15) is 0 Å². The average Bonchev–Trinajstić information content (AvgIpc) is 2.38. The highest BCUT2D eigenvalue weighted by Gasteiger charge is 2.44. The van der Waals surface area contributed by atoms with E-state index < -0.39 is 7.60 Å². The molecule has 0 saturated heterocycles. The van der Waals surface area contributed by atoms with Gasteiger partial charge in [0, 0.05) is 17.8 Å². The number of nitrogens with two attached hydrogens (primary N) is 1. The third-order valence-corrected chi connectivity index (χ3v) is 6.63. The summed E-state index contributed by atoms with van der Waals surface area (Å²) < 4.78 is 23.8. The second-order valence-corrected chi connectivity index (χ2v) is 8.26. The molecule has 2 N–H and O–H groups in total. The molecule has 0 amide bonds. The van der Waals surface area contributed by atoms with Gasteiger partial charge in [0.05, 0.1) is 18.9 Å². The van der Waals surface area contributed by atoms with Crippen LogP contribution in [-0.2, 0) is 13.6 Å². The monoisotopic (exact) mass is 367 g/mol. The van der Waals surface area contributed by atoms with E-state index in [1.807, 2.05) is 0 Å². The third-order valence-electron chi connectivity index (χ3n) is 3.83. The van der Waals surface area contributed by atoms with E-state index in [1.54, 1.807) is 0 Å². The van der Waals surface area contributed by atoms with Crippen molar-refractivity contribution in [1.29, 1.82) is 0 Å². The predicted octanol–water partition coefficient (Wildman–Crippen LogP) is 3.87. The molecule has 1 fully saturated rings. The lowest BCUT2D eigenvalue weighted by Gasteiger charge is -2.39. The fourth-order valence-electron chi connectivity index (χ4n) is 2.52. The van der Waals surface area contributed by atoms with Crippen molar-refractivity contribution in [3.63, 3.8) is 0 Å². The van der Waals surface area contributed by atoms with E-state index in [0.29, 0.717) is 11.8 Å². The van der Waals surface area contributed by atoms with Crippen molar-refractivity contribution >= 4 is 43.2 Å². The molecule has 0 aromatic heterocycles. The molecular weight excluding hydrogens is 343 g/mol. The minimum absolute atomic E-state index is 0. The molecule has 122 valence electrons. The van der Waals surface area contributed by atoms with Crippen LogP contribution >= 0.6 is 43.2 Å². The third kappa shape index (κ3) is 5.64. The Balaban J connectivity index is 0.00000361. The molecule has 4 unspecified atom stereocenters. The molecule has 0 spiro atoms. The number of halogens is 3. The Morgan fingerprint density at radius 1 is 1.10 bits per heavy atom. The average molecular weight is 369 g/mol. The zero-order valence-corrected chi connectivity index (χ0v) is 15.2. The van der Waals surface area contributed by atoms with Crippen LogP contribution in [0.25, 0.3) is 0 Å². The Kier molecular flexibility index (Phi) is 10.4. The van der Waals surface area contributed by atoms with Gasteiger partial charge in [0.25, 0.3) is 0 Å². The molecule has 1 aliphatic carbocycles. The first-order chi connectivity index (χ1) is 8.94. The summed E-state index contributed by atoms with van der Waals surface area (Å²) in [5, 5.41) is 0. The molecule has 0 heterocycles. The summed E-state index contributed by atoms with van der Waals surface area (Å²) in [5.41, 5.74) is 5.90.